The van der Waals surface area contributed by atoms with Gasteiger partial charge in [0.25, 0.3) is 5.91 Å². The maximum atomic E-state index is 12.7. The summed E-state index contributed by atoms with van der Waals surface area (Å²) in [5.74, 6) is -0.199. The van der Waals surface area contributed by atoms with Crippen molar-refractivity contribution in [1.82, 2.24) is 19.6 Å². The molecular weight excluding hydrogens is 326 g/mol. The Morgan fingerprint density at radius 2 is 1.77 bits per heavy atom. The van der Waals surface area contributed by atoms with E-state index in [1.54, 1.807) is 27.8 Å². The second-order valence-electron chi connectivity index (χ2n) is 5.83. The molecule has 0 fully saturated rings. The average molecular weight is 343 g/mol. The Bertz CT molecular complexity index is 1010. The Balaban J connectivity index is 1.51. The fourth-order valence-corrected chi connectivity index (χ4v) is 2.76. The molecule has 0 unspecified atom stereocenters. The van der Waals surface area contributed by atoms with Gasteiger partial charge in [0.1, 0.15) is 0 Å². The van der Waals surface area contributed by atoms with Gasteiger partial charge in [0.05, 0.1) is 29.7 Å². The number of hydrogen-bond donors (Lipinski definition) is 1. The molecule has 0 bridgehead atoms. The number of benzene rings is 2. The van der Waals surface area contributed by atoms with Crippen molar-refractivity contribution >= 4 is 11.6 Å². The number of nitrogens with one attached hydrogen (secondary N) is 1. The Hall–Kier alpha value is -3.67. The van der Waals surface area contributed by atoms with Crippen LogP contribution in [0.1, 0.15) is 15.9 Å². The number of carbonyl (C=O) groups is 1. The van der Waals surface area contributed by atoms with E-state index in [1.165, 1.54) is 0 Å². The average Bonchev–Trinajstić information content (AvgIpc) is 3.35. The van der Waals surface area contributed by atoms with Crippen LogP contribution in [0, 0.1) is 0 Å². The number of anilines is 1. The minimum atomic E-state index is -0.199. The van der Waals surface area contributed by atoms with Gasteiger partial charge in [-0.2, -0.15) is 10.2 Å². The number of aromatic nitrogens is 4. The lowest BCUT2D eigenvalue weighted by molar-refractivity contribution is 0.102. The standard InChI is InChI=1S/C20H17N5O/c26-20(18-9-4-5-10-19(18)25-12-6-11-21-25)23-17-13-22-24(15-17)14-16-7-2-1-3-8-16/h1-13,15H,14H2,(H,23,26). The molecule has 26 heavy (non-hydrogen) atoms. The van der Waals surface area contributed by atoms with Crippen molar-refractivity contribution in [2.24, 2.45) is 0 Å². The van der Waals surface area contributed by atoms with Gasteiger partial charge in [-0.3, -0.25) is 9.48 Å². The van der Waals surface area contributed by atoms with Crippen molar-refractivity contribution in [2.45, 2.75) is 6.54 Å². The lowest BCUT2D eigenvalue weighted by Gasteiger charge is -2.09. The number of nitrogens with zero attached hydrogens (tertiary/aromatic N) is 4. The van der Waals surface area contributed by atoms with Crippen molar-refractivity contribution in [3.63, 3.8) is 0 Å². The number of carbonyl (C=O) groups excluding carboxylic acids is 1. The molecule has 6 heteroatoms. The smallest absolute Gasteiger partial charge is 0.257 e. The summed E-state index contributed by atoms with van der Waals surface area (Å²) in [4.78, 5) is 12.7. The first kappa shape index (κ1) is 15.8. The van der Waals surface area contributed by atoms with Crippen LogP contribution >= 0.6 is 0 Å². The van der Waals surface area contributed by atoms with Crippen LogP contribution < -0.4 is 5.32 Å². The molecule has 0 aliphatic rings. The van der Waals surface area contributed by atoms with Gasteiger partial charge in [-0.1, -0.05) is 42.5 Å². The Morgan fingerprint density at radius 1 is 0.962 bits per heavy atom. The van der Waals surface area contributed by atoms with Gasteiger partial charge in [0, 0.05) is 18.6 Å². The zero-order valence-corrected chi connectivity index (χ0v) is 14.0. The Labute approximate surface area is 150 Å². The van der Waals surface area contributed by atoms with E-state index in [1.807, 2.05) is 67.0 Å². The number of hydrogen-bond acceptors (Lipinski definition) is 3. The van der Waals surface area contributed by atoms with Gasteiger partial charge in [-0.25, -0.2) is 4.68 Å². The van der Waals surface area contributed by atoms with Crippen LogP contribution in [0.5, 0.6) is 0 Å². The van der Waals surface area contributed by atoms with E-state index in [9.17, 15) is 4.79 Å². The van der Waals surface area contributed by atoms with Crippen molar-refractivity contribution in [3.05, 3.63) is 96.6 Å². The van der Waals surface area contributed by atoms with Gasteiger partial charge < -0.3 is 5.32 Å². The fourth-order valence-electron chi connectivity index (χ4n) is 2.76. The minimum Gasteiger partial charge on any atom is -0.319 e. The molecule has 2 heterocycles. The summed E-state index contributed by atoms with van der Waals surface area (Å²) in [5, 5.41) is 11.4. The zero-order valence-electron chi connectivity index (χ0n) is 14.0. The summed E-state index contributed by atoms with van der Waals surface area (Å²) >= 11 is 0. The minimum absolute atomic E-state index is 0.199. The van der Waals surface area contributed by atoms with Gasteiger partial charge in [0.15, 0.2) is 0 Å². The highest BCUT2D eigenvalue weighted by Gasteiger charge is 2.13. The molecule has 1 amide bonds. The van der Waals surface area contributed by atoms with Crippen LogP contribution in [-0.2, 0) is 6.54 Å². The normalized spacial score (nSPS) is 10.6. The SMILES string of the molecule is O=C(Nc1cnn(Cc2ccccc2)c1)c1ccccc1-n1cccn1. The quantitative estimate of drug-likeness (QED) is 0.604. The Kier molecular flexibility index (Phi) is 4.30. The highest BCUT2D eigenvalue weighted by atomic mass is 16.1. The van der Waals surface area contributed by atoms with Crippen molar-refractivity contribution < 1.29 is 4.79 Å². The van der Waals surface area contributed by atoms with E-state index in [2.05, 4.69) is 15.5 Å². The first-order valence-corrected chi connectivity index (χ1v) is 8.26. The van der Waals surface area contributed by atoms with E-state index in [0.717, 1.165) is 11.3 Å². The van der Waals surface area contributed by atoms with Crippen molar-refractivity contribution in [3.8, 4) is 5.69 Å². The van der Waals surface area contributed by atoms with Crippen LogP contribution in [-0.4, -0.2) is 25.5 Å². The lowest BCUT2D eigenvalue weighted by Crippen LogP contribution is -2.15. The molecule has 4 aromatic rings. The molecule has 0 aliphatic heterocycles. The summed E-state index contributed by atoms with van der Waals surface area (Å²) in [6.45, 7) is 0.653. The Morgan fingerprint density at radius 3 is 2.58 bits per heavy atom. The fraction of sp³-hybridized carbons (Fsp3) is 0.0500. The van der Waals surface area contributed by atoms with Crippen LogP contribution in [0.15, 0.2) is 85.5 Å². The van der Waals surface area contributed by atoms with E-state index < -0.39 is 0 Å². The molecule has 0 radical (unpaired) electrons. The highest BCUT2D eigenvalue weighted by Crippen LogP contribution is 2.16. The van der Waals surface area contributed by atoms with Gasteiger partial charge >= 0.3 is 0 Å². The van der Waals surface area contributed by atoms with E-state index >= 15 is 0 Å². The van der Waals surface area contributed by atoms with Gasteiger partial charge in [0.2, 0.25) is 0 Å². The predicted molar refractivity (Wildman–Crippen MR) is 99.3 cm³/mol. The molecule has 4 rings (SSSR count). The second kappa shape index (κ2) is 7.06. The summed E-state index contributed by atoms with van der Waals surface area (Å²) in [5.41, 5.74) is 3.08. The van der Waals surface area contributed by atoms with Crippen molar-refractivity contribution in [2.75, 3.05) is 5.32 Å². The summed E-state index contributed by atoms with van der Waals surface area (Å²) in [6, 6.07) is 19.2. The molecule has 2 aromatic heterocycles. The van der Waals surface area contributed by atoms with E-state index in [0.29, 0.717) is 17.8 Å². The summed E-state index contributed by atoms with van der Waals surface area (Å²) in [6.07, 6.45) is 6.96. The molecule has 128 valence electrons. The first-order chi connectivity index (χ1) is 12.8. The topological polar surface area (TPSA) is 64.7 Å². The molecule has 0 spiro atoms. The van der Waals surface area contributed by atoms with E-state index in [-0.39, 0.29) is 5.91 Å². The van der Waals surface area contributed by atoms with Crippen LogP contribution in [0.25, 0.3) is 5.69 Å². The van der Waals surface area contributed by atoms with Crippen LogP contribution in [0.3, 0.4) is 0 Å². The molecule has 1 N–H and O–H groups in total. The maximum Gasteiger partial charge on any atom is 0.257 e. The maximum absolute atomic E-state index is 12.7. The van der Waals surface area contributed by atoms with E-state index in [4.69, 9.17) is 0 Å². The second-order valence-corrected chi connectivity index (χ2v) is 5.83. The highest BCUT2D eigenvalue weighted by molar-refractivity contribution is 6.06. The molecule has 0 aliphatic carbocycles. The van der Waals surface area contributed by atoms with Crippen LogP contribution in [0.4, 0.5) is 5.69 Å². The van der Waals surface area contributed by atoms with Crippen molar-refractivity contribution in [1.29, 1.82) is 0 Å². The lowest BCUT2D eigenvalue weighted by atomic mass is 10.1. The third-order valence-corrected chi connectivity index (χ3v) is 3.98. The van der Waals surface area contributed by atoms with Gasteiger partial charge in [-0.15, -0.1) is 0 Å². The predicted octanol–water partition coefficient (Wildman–Crippen LogP) is 3.37. The largest absolute Gasteiger partial charge is 0.319 e. The number of rotatable bonds is 5. The summed E-state index contributed by atoms with van der Waals surface area (Å²) < 4.78 is 3.47. The number of amides is 1. The van der Waals surface area contributed by atoms with Crippen LogP contribution in [0.2, 0.25) is 0 Å². The van der Waals surface area contributed by atoms with Gasteiger partial charge in [-0.05, 0) is 23.8 Å². The summed E-state index contributed by atoms with van der Waals surface area (Å²) in [7, 11) is 0. The molecular formula is C20H17N5O. The first-order valence-electron chi connectivity index (χ1n) is 8.26. The molecule has 6 nitrogen and oxygen atoms in total. The third-order valence-electron chi connectivity index (χ3n) is 3.98. The molecule has 0 atom stereocenters. The molecule has 0 saturated carbocycles. The third kappa shape index (κ3) is 3.39. The number of para-hydroxylation sites is 1. The monoisotopic (exact) mass is 343 g/mol. The molecule has 0 saturated heterocycles. The molecule has 2 aromatic carbocycles. The zero-order chi connectivity index (χ0) is 17.8.